The van der Waals surface area contributed by atoms with Gasteiger partial charge in [0.1, 0.15) is 0 Å². The molecule has 1 unspecified atom stereocenters. The van der Waals surface area contributed by atoms with E-state index in [2.05, 4.69) is 90.2 Å². The van der Waals surface area contributed by atoms with Gasteiger partial charge in [0.15, 0.2) is 0 Å². The number of hydrogen-bond acceptors (Lipinski definition) is 0. The molecule has 0 fully saturated rings. The van der Waals surface area contributed by atoms with Crippen LogP contribution in [0.25, 0.3) is 5.57 Å². The van der Waals surface area contributed by atoms with Crippen LogP contribution in [0.5, 0.6) is 0 Å². The minimum atomic E-state index is 0.662. The van der Waals surface area contributed by atoms with Gasteiger partial charge >= 0.3 is 0 Å². The molecule has 0 heterocycles. The minimum Gasteiger partial charge on any atom is -0.0576 e. The molecule has 90 valence electrons. The van der Waals surface area contributed by atoms with E-state index in [-0.39, 0.29) is 0 Å². The van der Waals surface area contributed by atoms with Gasteiger partial charge in [0.05, 0.1) is 0 Å². The summed E-state index contributed by atoms with van der Waals surface area (Å²) in [6.07, 6.45) is 3.51. The maximum absolute atomic E-state index is 2.48. The highest BCUT2D eigenvalue weighted by atomic mass is 127. The minimum absolute atomic E-state index is 0.662. The first-order valence-electron chi connectivity index (χ1n) is 5.82. The van der Waals surface area contributed by atoms with Crippen LogP contribution in [-0.2, 0) is 0 Å². The molecule has 0 aromatic heterocycles. The Labute approximate surface area is 131 Å². The summed E-state index contributed by atoms with van der Waals surface area (Å²) in [4.78, 5) is 0. The first-order valence-corrected chi connectivity index (χ1v) is 7.98. The van der Waals surface area contributed by atoms with Crippen LogP contribution in [0, 0.1) is 16.4 Å². The van der Waals surface area contributed by atoms with Crippen LogP contribution in [0.15, 0.2) is 33.4 Å². The third-order valence-corrected chi connectivity index (χ3v) is 6.38. The SMILES string of the molecule is CC1=C(I)C(C)CC(c2ccc(I)c(C)c2)=C1. The normalized spacial score (nSPS) is 20.5. The van der Waals surface area contributed by atoms with E-state index < -0.39 is 0 Å². The van der Waals surface area contributed by atoms with E-state index in [0.29, 0.717) is 5.92 Å². The Morgan fingerprint density at radius 3 is 2.47 bits per heavy atom. The Morgan fingerprint density at radius 1 is 1.18 bits per heavy atom. The van der Waals surface area contributed by atoms with Crippen LogP contribution in [-0.4, -0.2) is 0 Å². The highest BCUT2D eigenvalue weighted by molar-refractivity contribution is 14.1. The van der Waals surface area contributed by atoms with Crippen LogP contribution < -0.4 is 0 Å². The standard InChI is InChI=1S/C15H16I2/c1-9-6-12(4-5-14(9)16)13-7-10(2)15(17)11(3)8-13/h4-7,11H,8H2,1-3H3. The van der Waals surface area contributed by atoms with Crippen molar-refractivity contribution >= 4 is 50.8 Å². The molecule has 1 aromatic carbocycles. The van der Waals surface area contributed by atoms with E-state index >= 15 is 0 Å². The van der Waals surface area contributed by atoms with E-state index in [1.54, 1.807) is 0 Å². The van der Waals surface area contributed by atoms with Crippen LogP contribution in [0.1, 0.15) is 31.4 Å². The van der Waals surface area contributed by atoms with E-state index in [1.807, 2.05) is 0 Å². The van der Waals surface area contributed by atoms with E-state index in [4.69, 9.17) is 0 Å². The van der Waals surface area contributed by atoms with Gasteiger partial charge in [-0.25, -0.2) is 0 Å². The molecule has 0 radical (unpaired) electrons. The van der Waals surface area contributed by atoms with Gasteiger partial charge in [-0.3, -0.25) is 0 Å². The van der Waals surface area contributed by atoms with Gasteiger partial charge in [0, 0.05) is 3.57 Å². The smallest absolute Gasteiger partial charge is 0.0159 e. The molecule has 1 atom stereocenters. The summed E-state index contributed by atoms with van der Waals surface area (Å²) >= 11 is 4.88. The largest absolute Gasteiger partial charge is 0.0576 e. The number of aryl methyl sites for hydroxylation is 1. The highest BCUT2D eigenvalue weighted by Crippen LogP contribution is 2.37. The molecule has 1 aliphatic rings. The predicted molar refractivity (Wildman–Crippen MR) is 92.4 cm³/mol. The molecule has 0 bridgehead atoms. The van der Waals surface area contributed by atoms with Gasteiger partial charge in [-0.2, -0.15) is 0 Å². The van der Waals surface area contributed by atoms with Gasteiger partial charge in [-0.05, 0) is 103 Å². The van der Waals surface area contributed by atoms with Crippen LogP contribution >= 0.6 is 45.2 Å². The molecule has 0 N–H and O–H groups in total. The second-order valence-electron chi connectivity index (χ2n) is 4.77. The van der Waals surface area contributed by atoms with E-state index in [1.165, 1.54) is 29.4 Å². The molecular formula is C15H16I2. The summed E-state index contributed by atoms with van der Waals surface area (Å²) in [6.45, 7) is 6.72. The first kappa shape index (κ1) is 13.6. The third-order valence-electron chi connectivity index (χ3n) is 3.25. The summed E-state index contributed by atoms with van der Waals surface area (Å²) in [6, 6.07) is 6.78. The van der Waals surface area contributed by atoms with Crippen molar-refractivity contribution in [1.29, 1.82) is 0 Å². The van der Waals surface area contributed by atoms with Gasteiger partial charge in [0.2, 0.25) is 0 Å². The second kappa shape index (κ2) is 5.43. The lowest BCUT2D eigenvalue weighted by Gasteiger charge is -2.21. The average Bonchev–Trinajstić information content (AvgIpc) is 2.29. The molecule has 2 heteroatoms. The van der Waals surface area contributed by atoms with Gasteiger partial charge in [-0.1, -0.05) is 25.1 Å². The molecule has 0 spiro atoms. The number of halogens is 2. The van der Waals surface area contributed by atoms with Gasteiger partial charge < -0.3 is 0 Å². The molecule has 0 saturated heterocycles. The van der Waals surface area contributed by atoms with Crippen molar-refractivity contribution in [3.05, 3.63) is 48.1 Å². The summed E-state index contributed by atoms with van der Waals surface area (Å²) in [7, 11) is 0. The molecule has 1 aliphatic carbocycles. The molecule has 0 nitrogen and oxygen atoms in total. The Morgan fingerprint density at radius 2 is 1.88 bits per heavy atom. The lowest BCUT2D eigenvalue weighted by atomic mass is 9.88. The maximum atomic E-state index is 2.48. The van der Waals surface area contributed by atoms with E-state index in [9.17, 15) is 0 Å². The van der Waals surface area contributed by atoms with Crippen LogP contribution in [0.2, 0.25) is 0 Å². The van der Waals surface area contributed by atoms with Crippen LogP contribution in [0.4, 0.5) is 0 Å². The fourth-order valence-corrected chi connectivity index (χ4v) is 2.95. The Hall–Kier alpha value is 0.160. The Kier molecular flexibility index (Phi) is 4.34. The Bertz CT molecular complexity index is 510. The van der Waals surface area contributed by atoms with E-state index in [0.717, 1.165) is 6.42 Å². The van der Waals surface area contributed by atoms with Crippen molar-refractivity contribution in [1.82, 2.24) is 0 Å². The number of allylic oxidation sites excluding steroid dienone is 4. The second-order valence-corrected chi connectivity index (χ2v) is 7.09. The highest BCUT2D eigenvalue weighted by Gasteiger charge is 2.17. The molecule has 1 aromatic rings. The molecule has 0 aliphatic heterocycles. The van der Waals surface area contributed by atoms with Gasteiger partial charge in [0.25, 0.3) is 0 Å². The lowest BCUT2D eigenvalue weighted by molar-refractivity contribution is 0.735. The predicted octanol–water partition coefficient (Wildman–Crippen LogP) is 5.73. The summed E-state index contributed by atoms with van der Waals surface area (Å²) in [5.74, 6) is 0.662. The van der Waals surface area contributed by atoms with Crippen molar-refractivity contribution in [2.24, 2.45) is 5.92 Å². The van der Waals surface area contributed by atoms with Crippen molar-refractivity contribution in [2.45, 2.75) is 27.2 Å². The van der Waals surface area contributed by atoms with Crippen LogP contribution in [0.3, 0.4) is 0 Å². The van der Waals surface area contributed by atoms with Crippen molar-refractivity contribution in [3.8, 4) is 0 Å². The molecule has 2 rings (SSSR count). The van der Waals surface area contributed by atoms with Gasteiger partial charge in [-0.15, -0.1) is 0 Å². The van der Waals surface area contributed by atoms with Crippen molar-refractivity contribution < 1.29 is 0 Å². The summed E-state index contributed by atoms with van der Waals surface area (Å²) < 4.78 is 2.85. The summed E-state index contributed by atoms with van der Waals surface area (Å²) in [5, 5.41) is 0. The Balaban J connectivity index is 2.42. The molecule has 0 amide bonds. The number of benzene rings is 1. The number of hydrogen-bond donors (Lipinski definition) is 0. The average molecular weight is 450 g/mol. The van der Waals surface area contributed by atoms with Crippen molar-refractivity contribution in [3.63, 3.8) is 0 Å². The molecular weight excluding hydrogens is 434 g/mol. The monoisotopic (exact) mass is 450 g/mol. The zero-order valence-electron chi connectivity index (χ0n) is 10.3. The molecule has 17 heavy (non-hydrogen) atoms. The zero-order chi connectivity index (χ0) is 12.6. The lowest BCUT2D eigenvalue weighted by Crippen LogP contribution is -2.04. The first-order chi connectivity index (χ1) is 7.99. The number of rotatable bonds is 1. The molecule has 0 saturated carbocycles. The topological polar surface area (TPSA) is 0 Å². The maximum Gasteiger partial charge on any atom is 0.0159 e. The summed E-state index contributed by atoms with van der Waals surface area (Å²) in [5.41, 5.74) is 5.67. The third kappa shape index (κ3) is 2.95. The fourth-order valence-electron chi connectivity index (χ4n) is 2.24. The van der Waals surface area contributed by atoms with Crippen molar-refractivity contribution in [2.75, 3.05) is 0 Å². The zero-order valence-corrected chi connectivity index (χ0v) is 14.7. The fraction of sp³-hybridized carbons (Fsp3) is 0.333. The quantitative estimate of drug-likeness (QED) is 0.480.